The molecular formula is C13H14BrNO4S. The maximum Gasteiger partial charge on any atom is 0.327 e. The maximum absolute atomic E-state index is 12.1. The molecule has 1 amide bonds. The quantitative estimate of drug-likeness (QED) is 0.888. The summed E-state index contributed by atoms with van der Waals surface area (Å²) in [5, 5.41) is 9.12. The molecule has 1 heterocycles. The molecule has 0 spiro atoms. The van der Waals surface area contributed by atoms with Crippen molar-refractivity contribution in [2.45, 2.75) is 6.04 Å². The molecule has 1 unspecified atom stereocenters. The first kappa shape index (κ1) is 15.2. The standard InChI is InChI=1S/C13H14BrNO4S/c14-9-2-1-3-10(6-9)19-7-12(16)15-4-5-20-8-11(15)13(17)18/h1-3,6,11H,4-5,7-8H2,(H,17,18). The van der Waals surface area contributed by atoms with Crippen LogP contribution in [0.5, 0.6) is 5.75 Å². The van der Waals surface area contributed by atoms with Gasteiger partial charge >= 0.3 is 5.97 Å². The molecule has 1 fully saturated rings. The number of aliphatic carboxylic acids is 1. The third kappa shape index (κ3) is 3.89. The van der Waals surface area contributed by atoms with Crippen LogP contribution in [0.1, 0.15) is 0 Å². The van der Waals surface area contributed by atoms with Gasteiger partial charge in [-0.3, -0.25) is 4.79 Å². The normalized spacial score (nSPS) is 18.6. The minimum absolute atomic E-state index is 0.148. The molecule has 0 aliphatic carbocycles. The van der Waals surface area contributed by atoms with Gasteiger partial charge in [0.15, 0.2) is 6.61 Å². The van der Waals surface area contributed by atoms with Gasteiger partial charge in [0.05, 0.1) is 0 Å². The van der Waals surface area contributed by atoms with Crippen LogP contribution in [0.15, 0.2) is 28.7 Å². The summed E-state index contributed by atoms with van der Waals surface area (Å²) in [6.07, 6.45) is 0. The van der Waals surface area contributed by atoms with Crippen molar-refractivity contribution in [1.29, 1.82) is 0 Å². The third-order valence-electron chi connectivity index (χ3n) is 2.89. The van der Waals surface area contributed by atoms with Crippen molar-refractivity contribution in [3.05, 3.63) is 28.7 Å². The number of thioether (sulfide) groups is 1. The number of carboxylic acids is 1. The molecule has 20 heavy (non-hydrogen) atoms. The van der Waals surface area contributed by atoms with Gasteiger partial charge in [-0.15, -0.1) is 0 Å². The van der Waals surface area contributed by atoms with E-state index in [4.69, 9.17) is 9.84 Å². The van der Waals surface area contributed by atoms with Crippen LogP contribution in [0.2, 0.25) is 0 Å². The number of carbonyl (C=O) groups excluding carboxylic acids is 1. The van der Waals surface area contributed by atoms with Gasteiger partial charge < -0.3 is 14.7 Å². The molecule has 0 aromatic heterocycles. The molecule has 1 aromatic carbocycles. The molecule has 1 atom stereocenters. The van der Waals surface area contributed by atoms with Crippen LogP contribution in [0.3, 0.4) is 0 Å². The van der Waals surface area contributed by atoms with Crippen molar-refractivity contribution >= 4 is 39.6 Å². The van der Waals surface area contributed by atoms with E-state index in [-0.39, 0.29) is 12.5 Å². The second-order valence-corrected chi connectivity index (χ2v) is 6.33. The van der Waals surface area contributed by atoms with Crippen LogP contribution in [0.4, 0.5) is 0 Å². The Kier molecular flexibility index (Phi) is 5.31. The number of carbonyl (C=O) groups is 2. The summed E-state index contributed by atoms with van der Waals surface area (Å²) in [7, 11) is 0. The van der Waals surface area contributed by atoms with E-state index >= 15 is 0 Å². The Morgan fingerprint density at radius 2 is 2.30 bits per heavy atom. The lowest BCUT2D eigenvalue weighted by Gasteiger charge is -2.32. The van der Waals surface area contributed by atoms with Crippen molar-refractivity contribution in [2.75, 3.05) is 24.7 Å². The fourth-order valence-corrected chi connectivity index (χ4v) is 3.31. The Hall–Kier alpha value is -1.21. The van der Waals surface area contributed by atoms with E-state index in [9.17, 15) is 9.59 Å². The second kappa shape index (κ2) is 6.99. The Labute approximate surface area is 129 Å². The first-order chi connectivity index (χ1) is 9.58. The number of rotatable bonds is 4. The summed E-state index contributed by atoms with van der Waals surface area (Å²) in [6, 6.07) is 6.41. The highest BCUT2D eigenvalue weighted by atomic mass is 79.9. The minimum Gasteiger partial charge on any atom is -0.484 e. The monoisotopic (exact) mass is 359 g/mol. The molecule has 0 bridgehead atoms. The SMILES string of the molecule is O=C(O)C1CSCCN1C(=O)COc1cccc(Br)c1. The van der Waals surface area contributed by atoms with Gasteiger partial charge in [-0.1, -0.05) is 22.0 Å². The van der Waals surface area contributed by atoms with Gasteiger partial charge in [0.1, 0.15) is 11.8 Å². The van der Waals surface area contributed by atoms with Gasteiger partial charge in [-0.25, -0.2) is 4.79 Å². The molecular weight excluding hydrogens is 346 g/mol. The molecule has 5 nitrogen and oxygen atoms in total. The molecule has 1 N–H and O–H groups in total. The number of hydrogen-bond acceptors (Lipinski definition) is 4. The van der Waals surface area contributed by atoms with Gasteiger partial charge in [0.25, 0.3) is 5.91 Å². The Morgan fingerprint density at radius 1 is 1.50 bits per heavy atom. The predicted octanol–water partition coefficient (Wildman–Crippen LogP) is 1.86. The van der Waals surface area contributed by atoms with E-state index < -0.39 is 12.0 Å². The highest BCUT2D eigenvalue weighted by Gasteiger charge is 2.32. The van der Waals surface area contributed by atoms with Crippen molar-refractivity contribution in [2.24, 2.45) is 0 Å². The summed E-state index contributed by atoms with van der Waals surface area (Å²) in [5.41, 5.74) is 0. The maximum atomic E-state index is 12.1. The average Bonchev–Trinajstić information content (AvgIpc) is 2.45. The first-order valence-corrected chi connectivity index (χ1v) is 8.01. The average molecular weight is 360 g/mol. The molecule has 0 radical (unpaired) electrons. The van der Waals surface area contributed by atoms with Crippen LogP contribution >= 0.6 is 27.7 Å². The Bertz CT molecular complexity index is 511. The Balaban J connectivity index is 1.95. The highest BCUT2D eigenvalue weighted by Crippen LogP contribution is 2.19. The fourth-order valence-electron chi connectivity index (χ4n) is 1.89. The van der Waals surface area contributed by atoms with Crippen molar-refractivity contribution in [3.63, 3.8) is 0 Å². The summed E-state index contributed by atoms with van der Waals surface area (Å²) < 4.78 is 6.27. The fraction of sp³-hybridized carbons (Fsp3) is 0.385. The molecule has 1 aliphatic rings. The zero-order chi connectivity index (χ0) is 14.5. The van der Waals surface area contributed by atoms with Gasteiger partial charge in [0.2, 0.25) is 0 Å². The number of ether oxygens (including phenoxy) is 1. The number of benzene rings is 1. The number of hydrogen-bond donors (Lipinski definition) is 1. The molecule has 7 heteroatoms. The van der Waals surface area contributed by atoms with Crippen molar-refractivity contribution < 1.29 is 19.4 Å². The molecule has 1 saturated heterocycles. The van der Waals surface area contributed by atoms with E-state index in [2.05, 4.69) is 15.9 Å². The summed E-state index contributed by atoms with van der Waals surface area (Å²) >= 11 is 4.87. The van der Waals surface area contributed by atoms with Crippen molar-refractivity contribution in [3.8, 4) is 5.75 Å². The van der Waals surface area contributed by atoms with Gasteiger partial charge in [-0.05, 0) is 18.2 Å². The lowest BCUT2D eigenvalue weighted by atomic mass is 10.2. The summed E-state index contributed by atoms with van der Waals surface area (Å²) in [6.45, 7) is 0.299. The molecule has 1 aromatic rings. The first-order valence-electron chi connectivity index (χ1n) is 6.06. The smallest absolute Gasteiger partial charge is 0.327 e. The largest absolute Gasteiger partial charge is 0.484 e. The zero-order valence-corrected chi connectivity index (χ0v) is 13.0. The van der Waals surface area contributed by atoms with Gasteiger partial charge in [0, 0.05) is 22.5 Å². The predicted molar refractivity (Wildman–Crippen MR) is 80.1 cm³/mol. The summed E-state index contributed by atoms with van der Waals surface area (Å²) in [5.74, 6) is 0.501. The van der Waals surface area contributed by atoms with Crippen LogP contribution < -0.4 is 4.74 Å². The molecule has 0 saturated carbocycles. The van der Waals surface area contributed by atoms with E-state index in [1.54, 1.807) is 23.9 Å². The number of nitrogens with zero attached hydrogens (tertiary/aromatic N) is 1. The van der Waals surface area contributed by atoms with Crippen LogP contribution in [-0.4, -0.2) is 52.6 Å². The van der Waals surface area contributed by atoms with E-state index in [1.807, 2.05) is 12.1 Å². The van der Waals surface area contributed by atoms with E-state index in [1.165, 1.54) is 4.90 Å². The number of halogens is 1. The second-order valence-electron chi connectivity index (χ2n) is 4.26. The van der Waals surface area contributed by atoms with Crippen LogP contribution in [0, 0.1) is 0 Å². The topological polar surface area (TPSA) is 66.8 Å². The van der Waals surface area contributed by atoms with Crippen molar-refractivity contribution in [1.82, 2.24) is 4.90 Å². The molecule has 2 rings (SSSR count). The Morgan fingerprint density at radius 3 is 3.00 bits per heavy atom. The molecule has 1 aliphatic heterocycles. The third-order valence-corrected chi connectivity index (χ3v) is 4.41. The summed E-state index contributed by atoms with van der Waals surface area (Å²) in [4.78, 5) is 24.6. The van der Waals surface area contributed by atoms with Crippen LogP contribution in [-0.2, 0) is 9.59 Å². The minimum atomic E-state index is -0.965. The van der Waals surface area contributed by atoms with E-state index in [0.717, 1.165) is 10.2 Å². The zero-order valence-electron chi connectivity index (χ0n) is 10.6. The van der Waals surface area contributed by atoms with Gasteiger partial charge in [-0.2, -0.15) is 11.8 Å². The lowest BCUT2D eigenvalue weighted by molar-refractivity contribution is -0.150. The van der Waals surface area contributed by atoms with E-state index in [0.29, 0.717) is 18.0 Å². The van der Waals surface area contributed by atoms with Crippen LogP contribution in [0.25, 0.3) is 0 Å². The highest BCUT2D eigenvalue weighted by molar-refractivity contribution is 9.10. The molecule has 108 valence electrons. The number of carboxylic acid groups (broad SMARTS) is 1. The number of amides is 1. The lowest BCUT2D eigenvalue weighted by Crippen LogP contribution is -2.51.